The molecule has 0 aliphatic carbocycles. The van der Waals surface area contributed by atoms with Gasteiger partial charge in [0.1, 0.15) is 5.70 Å². The van der Waals surface area contributed by atoms with Crippen LogP contribution in [0.25, 0.3) is 6.08 Å². The second-order valence-corrected chi connectivity index (χ2v) is 7.17. The van der Waals surface area contributed by atoms with E-state index in [-0.39, 0.29) is 16.9 Å². The molecule has 0 aromatic heterocycles. The van der Waals surface area contributed by atoms with E-state index in [9.17, 15) is 19.7 Å². The molecule has 31 heavy (non-hydrogen) atoms. The average molecular weight is 423 g/mol. The van der Waals surface area contributed by atoms with Crippen molar-refractivity contribution in [1.82, 2.24) is 10.6 Å². The van der Waals surface area contributed by atoms with Gasteiger partial charge in [0.05, 0.1) is 25.6 Å². The molecule has 0 fully saturated rings. The van der Waals surface area contributed by atoms with Crippen molar-refractivity contribution in [2.75, 3.05) is 27.2 Å². The van der Waals surface area contributed by atoms with Gasteiger partial charge in [-0.05, 0) is 23.8 Å². The van der Waals surface area contributed by atoms with Crippen molar-refractivity contribution < 1.29 is 19.4 Å². The summed E-state index contributed by atoms with van der Waals surface area (Å²) in [7, 11) is 4.07. The first kappa shape index (κ1) is 23.5. The molecule has 0 unspecified atom stereocenters. The highest BCUT2D eigenvalue weighted by atomic mass is 16.6. The Kier molecular flexibility index (Phi) is 9.13. The number of allylic oxidation sites excluding steroid dienone is 2. The summed E-state index contributed by atoms with van der Waals surface area (Å²) < 4.78 is 0. The lowest BCUT2D eigenvalue weighted by atomic mass is 10.2. The monoisotopic (exact) mass is 423 g/mol. The zero-order chi connectivity index (χ0) is 22.6. The molecule has 0 heterocycles. The third-order valence-electron chi connectivity index (χ3n) is 4.32. The highest BCUT2D eigenvalue weighted by Gasteiger charge is 2.15. The molecule has 0 spiro atoms. The summed E-state index contributed by atoms with van der Waals surface area (Å²) in [6, 6.07) is 14.7. The summed E-state index contributed by atoms with van der Waals surface area (Å²) in [5.41, 5.74) is 1.15. The van der Waals surface area contributed by atoms with E-state index in [1.165, 1.54) is 35.2 Å². The number of nitrogens with one attached hydrogen (secondary N) is 3. The van der Waals surface area contributed by atoms with Crippen LogP contribution < -0.4 is 15.5 Å². The molecule has 0 atom stereocenters. The fourth-order valence-corrected chi connectivity index (χ4v) is 2.66. The molecule has 162 valence electrons. The van der Waals surface area contributed by atoms with Gasteiger partial charge in [-0.1, -0.05) is 42.5 Å². The maximum Gasteiger partial charge on any atom is 0.269 e. The molecule has 2 amide bonds. The van der Waals surface area contributed by atoms with Crippen LogP contribution in [0.4, 0.5) is 5.69 Å². The number of benzene rings is 2. The normalized spacial score (nSPS) is 11.5. The maximum absolute atomic E-state index is 12.6. The van der Waals surface area contributed by atoms with E-state index < -0.39 is 16.7 Å². The van der Waals surface area contributed by atoms with E-state index in [1.54, 1.807) is 6.08 Å². The number of amides is 2. The first-order chi connectivity index (χ1) is 14.9. The lowest BCUT2D eigenvalue weighted by Gasteiger charge is -2.11. The Balaban J connectivity index is 2.12. The summed E-state index contributed by atoms with van der Waals surface area (Å²) in [5.74, 6) is -0.927. The van der Waals surface area contributed by atoms with Gasteiger partial charge in [-0.15, -0.1) is 0 Å². The fraction of sp³-hybridized carbons (Fsp3) is 0.217. The van der Waals surface area contributed by atoms with E-state index in [1.807, 2.05) is 50.5 Å². The topological polar surface area (TPSA) is 106 Å². The molecule has 2 aromatic rings. The Morgan fingerprint density at radius 3 is 2.35 bits per heavy atom. The predicted octanol–water partition coefficient (Wildman–Crippen LogP) is 1.57. The first-order valence-electron chi connectivity index (χ1n) is 9.93. The number of non-ortho nitro benzene ring substituents is 1. The average Bonchev–Trinajstić information content (AvgIpc) is 2.76. The van der Waals surface area contributed by atoms with Gasteiger partial charge in [0.15, 0.2) is 0 Å². The van der Waals surface area contributed by atoms with Gasteiger partial charge < -0.3 is 15.5 Å². The largest absolute Gasteiger partial charge is 0.351 e. The molecule has 8 nitrogen and oxygen atoms in total. The van der Waals surface area contributed by atoms with Crippen LogP contribution in [0.5, 0.6) is 0 Å². The van der Waals surface area contributed by atoms with E-state index >= 15 is 0 Å². The number of nitrogens with zero attached hydrogens (tertiary/aromatic N) is 1. The summed E-state index contributed by atoms with van der Waals surface area (Å²) in [6.45, 7) is 1.39. The van der Waals surface area contributed by atoms with Crippen molar-refractivity contribution in [3.05, 3.63) is 93.7 Å². The summed E-state index contributed by atoms with van der Waals surface area (Å²) in [5, 5.41) is 16.2. The predicted molar refractivity (Wildman–Crippen MR) is 119 cm³/mol. The summed E-state index contributed by atoms with van der Waals surface area (Å²) in [6.07, 6.45) is 5.84. The van der Waals surface area contributed by atoms with Crippen LogP contribution in [0.2, 0.25) is 0 Å². The second-order valence-electron chi connectivity index (χ2n) is 7.17. The number of carbonyl (C=O) groups excluding carboxylic acids is 2. The number of carbonyl (C=O) groups is 2. The Labute approximate surface area is 181 Å². The van der Waals surface area contributed by atoms with Crippen LogP contribution >= 0.6 is 0 Å². The highest BCUT2D eigenvalue weighted by molar-refractivity contribution is 6.03. The minimum atomic E-state index is -0.537. The molecule has 0 aliphatic heterocycles. The summed E-state index contributed by atoms with van der Waals surface area (Å²) >= 11 is 0. The van der Waals surface area contributed by atoms with Crippen LogP contribution in [0, 0.1) is 10.1 Å². The lowest BCUT2D eigenvalue weighted by Crippen LogP contribution is -3.05. The Bertz CT molecular complexity index is 951. The van der Waals surface area contributed by atoms with Gasteiger partial charge >= 0.3 is 0 Å². The smallest absolute Gasteiger partial charge is 0.269 e. The van der Waals surface area contributed by atoms with E-state index in [4.69, 9.17) is 0 Å². The van der Waals surface area contributed by atoms with Gasteiger partial charge in [-0.2, -0.15) is 0 Å². The third-order valence-corrected chi connectivity index (χ3v) is 4.32. The standard InChI is InChI=1S/C23H26N4O4/c1-26(2)17-7-16-24-23(29)21(11-6-10-18-8-4-3-5-9-18)25-22(28)19-12-14-20(15-13-19)27(30)31/h3-6,8-15H,7,16-17H2,1-2H3,(H,24,29)(H,25,28)/p+1/b10-6+,21-11+. The van der Waals surface area contributed by atoms with Gasteiger partial charge in [0, 0.05) is 30.7 Å². The number of nitro benzene ring substituents is 1. The van der Waals surface area contributed by atoms with Crippen molar-refractivity contribution in [3.8, 4) is 0 Å². The zero-order valence-electron chi connectivity index (χ0n) is 17.6. The van der Waals surface area contributed by atoms with Crippen molar-refractivity contribution in [2.24, 2.45) is 0 Å². The molecule has 0 radical (unpaired) electrons. The molecule has 0 bridgehead atoms. The molecule has 2 aromatic carbocycles. The van der Waals surface area contributed by atoms with E-state index in [0.717, 1.165) is 18.5 Å². The van der Waals surface area contributed by atoms with Crippen LogP contribution in [0.1, 0.15) is 22.3 Å². The Morgan fingerprint density at radius 1 is 1.06 bits per heavy atom. The third kappa shape index (κ3) is 8.23. The van der Waals surface area contributed by atoms with Crippen molar-refractivity contribution in [3.63, 3.8) is 0 Å². The molecule has 0 saturated carbocycles. The van der Waals surface area contributed by atoms with Crippen LogP contribution in [0.3, 0.4) is 0 Å². The quantitative estimate of drug-likeness (QED) is 0.177. The minimum Gasteiger partial charge on any atom is -0.351 e. The molecule has 0 aliphatic rings. The molecule has 8 heteroatoms. The zero-order valence-corrected chi connectivity index (χ0v) is 17.6. The molecule has 3 N–H and O–H groups in total. The highest BCUT2D eigenvalue weighted by Crippen LogP contribution is 2.12. The van der Waals surface area contributed by atoms with Crippen LogP contribution in [-0.2, 0) is 4.79 Å². The van der Waals surface area contributed by atoms with E-state index in [2.05, 4.69) is 10.6 Å². The Morgan fingerprint density at radius 2 is 1.74 bits per heavy atom. The minimum absolute atomic E-state index is 0.0905. The molecule has 0 saturated heterocycles. The van der Waals surface area contributed by atoms with Crippen molar-refractivity contribution in [2.45, 2.75) is 6.42 Å². The van der Waals surface area contributed by atoms with Crippen LogP contribution in [0.15, 0.2) is 72.4 Å². The molecular formula is C23H27N4O4+. The number of nitro groups is 1. The molecule has 2 rings (SSSR count). The number of quaternary nitrogens is 1. The van der Waals surface area contributed by atoms with Gasteiger partial charge in [-0.3, -0.25) is 19.7 Å². The number of rotatable bonds is 10. The van der Waals surface area contributed by atoms with Crippen LogP contribution in [-0.4, -0.2) is 43.9 Å². The maximum atomic E-state index is 12.6. The van der Waals surface area contributed by atoms with Gasteiger partial charge in [0.25, 0.3) is 17.5 Å². The second kappa shape index (κ2) is 12.0. The lowest BCUT2D eigenvalue weighted by molar-refractivity contribution is -0.858. The summed E-state index contributed by atoms with van der Waals surface area (Å²) in [4.78, 5) is 36.7. The van der Waals surface area contributed by atoms with Gasteiger partial charge in [-0.25, -0.2) is 0 Å². The van der Waals surface area contributed by atoms with Crippen molar-refractivity contribution >= 4 is 23.6 Å². The fourth-order valence-electron chi connectivity index (χ4n) is 2.66. The SMILES string of the molecule is C[NH+](C)CCCNC(=O)/C(=C\C=C\c1ccccc1)NC(=O)c1ccc([N+](=O)[O-])cc1. The molecular weight excluding hydrogens is 396 g/mol. The first-order valence-corrected chi connectivity index (χ1v) is 9.93. The van der Waals surface area contributed by atoms with Crippen molar-refractivity contribution in [1.29, 1.82) is 0 Å². The van der Waals surface area contributed by atoms with Gasteiger partial charge in [0.2, 0.25) is 0 Å². The number of hydrogen-bond donors (Lipinski definition) is 3. The number of hydrogen-bond acceptors (Lipinski definition) is 4. The Hall–Kier alpha value is -3.78. The van der Waals surface area contributed by atoms with E-state index in [0.29, 0.717) is 6.54 Å².